The van der Waals surface area contributed by atoms with Crippen LogP contribution in [0.25, 0.3) is 10.1 Å². The van der Waals surface area contributed by atoms with Gasteiger partial charge < -0.3 is 14.8 Å². The third kappa shape index (κ3) is 6.35. The van der Waals surface area contributed by atoms with E-state index in [2.05, 4.69) is 21.4 Å². The maximum atomic E-state index is 13.9. The Bertz CT molecular complexity index is 1930. The second-order valence-corrected chi connectivity index (χ2v) is 11.0. The van der Waals surface area contributed by atoms with Crippen LogP contribution in [0.1, 0.15) is 42.4 Å². The lowest BCUT2D eigenvalue weighted by atomic mass is 10.1. The summed E-state index contributed by atoms with van der Waals surface area (Å²) in [5.41, 5.74) is 4.69. The third-order valence-electron chi connectivity index (χ3n) is 7.03. The van der Waals surface area contributed by atoms with E-state index in [1.165, 1.54) is 11.3 Å². The van der Waals surface area contributed by atoms with Crippen LogP contribution in [0.4, 0.5) is 5.69 Å². The standard InChI is InChI=1S/C34H26N6O2S/c35-17-24-8-10-25(11-9-24)21-39-23-37-20-30(39)22-40(34(42)27-6-2-1-3-7-27)29-12-13-31-28(15-29)16-32(43-31)33(41)38-19-26-5-4-14-36-18-26/h1-16,18,20,23H,19,21-22H2,(H,38,41). The highest BCUT2D eigenvalue weighted by Gasteiger charge is 2.21. The SMILES string of the molecule is N#Cc1ccc(Cn2cncc2CN(C(=O)c2ccccc2)c2ccc3sc(C(=O)NCc4cccnc4)cc3c2)cc1. The maximum absolute atomic E-state index is 13.9. The first-order valence-corrected chi connectivity index (χ1v) is 14.4. The van der Waals surface area contributed by atoms with Gasteiger partial charge in [-0.3, -0.25) is 14.6 Å². The largest absolute Gasteiger partial charge is 0.347 e. The number of hydrogen-bond donors (Lipinski definition) is 1. The number of rotatable bonds is 9. The molecule has 0 aliphatic carbocycles. The van der Waals surface area contributed by atoms with Gasteiger partial charge in [0.15, 0.2) is 0 Å². The number of aromatic nitrogens is 3. The number of nitrogens with one attached hydrogen (secondary N) is 1. The number of carbonyl (C=O) groups excluding carboxylic acids is 2. The van der Waals surface area contributed by atoms with Crippen LogP contribution in [0.15, 0.2) is 116 Å². The number of imidazole rings is 1. The van der Waals surface area contributed by atoms with E-state index in [1.807, 2.05) is 71.3 Å². The zero-order valence-corrected chi connectivity index (χ0v) is 23.9. The van der Waals surface area contributed by atoms with E-state index in [0.717, 1.165) is 26.9 Å². The Morgan fingerprint density at radius 3 is 2.51 bits per heavy atom. The predicted octanol–water partition coefficient (Wildman–Crippen LogP) is 6.19. The summed E-state index contributed by atoms with van der Waals surface area (Å²) < 4.78 is 2.95. The summed E-state index contributed by atoms with van der Waals surface area (Å²) in [5.74, 6) is -0.300. The highest BCUT2D eigenvalue weighted by molar-refractivity contribution is 7.20. The summed E-state index contributed by atoms with van der Waals surface area (Å²) in [6, 6.07) is 30.2. The molecule has 0 aliphatic rings. The van der Waals surface area contributed by atoms with Crippen molar-refractivity contribution >= 4 is 38.9 Å². The molecule has 0 atom stereocenters. The van der Waals surface area contributed by atoms with Crippen LogP contribution in [0, 0.1) is 11.3 Å². The van der Waals surface area contributed by atoms with Crippen LogP contribution in [0.2, 0.25) is 0 Å². The quantitative estimate of drug-likeness (QED) is 0.219. The molecule has 1 N–H and O–H groups in total. The number of pyridine rings is 1. The Hall–Kier alpha value is -5.59. The average Bonchev–Trinajstić information content (AvgIpc) is 3.69. The molecule has 6 aromatic rings. The van der Waals surface area contributed by atoms with Crippen molar-refractivity contribution in [3.63, 3.8) is 0 Å². The first-order chi connectivity index (χ1) is 21.1. The van der Waals surface area contributed by atoms with Gasteiger partial charge in [0.25, 0.3) is 11.8 Å². The van der Waals surface area contributed by atoms with E-state index in [-0.39, 0.29) is 18.4 Å². The van der Waals surface area contributed by atoms with Crippen molar-refractivity contribution in [2.75, 3.05) is 4.90 Å². The molecular weight excluding hydrogens is 556 g/mol. The number of nitriles is 1. The first kappa shape index (κ1) is 27.6. The molecule has 0 fully saturated rings. The summed E-state index contributed by atoms with van der Waals surface area (Å²) in [6.07, 6.45) is 6.94. The van der Waals surface area contributed by atoms with Crippen molar-refractivity contribution in [1.82, 2.24) is 19.9 Å². The summed E-state index contributed by atoms with van der Waals surface area (Å²) >= 11 is 1.41. The number of nitrogens with zero attached hydrogens (tertiary/aromatic N) is 5. The Morgan fingerprint density at radius 1 is 0.907 bits per heavy atom. The van der Waals surface area contributed by atoms with E-state index in [9.17, 15) is 9.59 Å². The lowest BCUT2D eigenvalue weighted by Gasteiger charge is -2.24. The Labute approximate surface area is 252 Å². The van der Waals surface area contributed by atoms with Gasteiger partial charge in [-0.15, -0.1) is 11.3 Å². The van der Waals surface area contributed by atoms with Crippen LogP contribution in [0.5, 0.6) is 0 Å². The molecule has 3 aromatic heterocycles. The minimum absolute atomic E-state index is 0.143. The Morgan fingerprint density at radius 2 is 1.74 bits per heavy atom. The van der Waals surface area contributed by atoms with E-state index in [0.29, 0.717) is 34.8 Å². The van der Waals surface area contributed by atoms with Crippen molar-refractivity contribution in [2.24, 2.45) is 0 Å². The van der Waals surface area contributed by atoms with Crippen molar-refractivity contribution in [3.05, 3.63) is 149 Å². The molecule has 3 aromatic carbocycles. The molecule has 0 aliphatic heterocycles. The molecule has 9 heteroatoms. The predicted molar refractivity (Wildman–Crippen MR) is 167 cm³/mol. The van der Waals surface area contributed by atoms with Crippen molar-refractivity contribution in [1.29, 1.82) is 5.26 Å². The zero-order valence-electron chi connectivity index (χ0n) is 23.1. The molecule has 0 bridgehead atoms. The second-order valence-electron chi connectivity index (χ2n) is 9.96. The number of anilines is 1. The number of benzene rings is 3. The van der Waals surface area contributed by atoms with Gasteiger partial charge in [-0.1, -0.05) is 36.4 Å². The highest BCUT2D eigenvalue weighted by atomic mass is 32.1. The molecule has 8 nitrogen and oxygen atoms in total. The number of amides is 2. The second kappa shape index (κ2) is 12.5. The van der Waals surface area contributed by atoms with Gasteiger partial charge in [0.05, 0.1) is 35.1 Å². The van der Waals surface area contributed by atoms with Crippen molar-refractivity contribution in [2.45, 2.75) is 19.6 Å². The molecule has 0 spiro atoms. The lowest BCUT2D eigenvalue weighted by Crippen LogP contribution is -2.31. The smallest absolute Gasteiger partial charge is 0.261 e. The molecule has 3 heterocycles. The highest BCUT2D eigenvalue weighted by Crippen LogP contribution is 2.31. The van der Waals surface area contributed by atoms with E-state index < -0.39 is 0 Å². The number of carbonyl (C=O) groups is 2. The number of fused-ring (bicyclic) bond motifs is 1. The monoisotopic (exact) mass is 582 g/mol. The third-order valence-corrected chi connectivity index (χ3v) is 8.15. The summed E-state index contributed by atoms with van der Waals surface area (Å²) in [6.45, 7) is 1.23. The molecule has 0 saturated carbocycles. The van der Waals surface area contributed by atoms with Crippen LogP contribution < -0.4 is 10.2 Å². The fraction of sp³-hybridized carbons (Fsp3) is 0.0882. The first-order valence-electron chi connectivity index (χ1n) is 13.6. The van der Waals surface area contributed by atoms with E-state index >= 15 is 0 Å². The number of hydrogen-bond acceptors (Lipinski definition) is 6. The van der Waals surface area contributed by atoms with Crippen molar-refractivity contribution in [3.8, 4) is 6.07 Å². The molecule has 43 heavy (non-hydrogen) atoms. The van der Waals surface area contributed by atoms with Gasteiger partial charge in [0.2, 0.25) is 0 Å². The summed E-state index contributed by atoms with van der Waals surface area (Å²) in [5, 5.41) is 13.0. The maximum Gasteiger partial charge on any atom is 0.261 e. The Kier molecular flexibility index (Phi) is 8.02. The number of thiophene rings is 1. The van der Waals surface area contributed by atoms with Gasteiger partial charge in [0.1, 0.15) is 0 Å². The van der Waals surface area contributed by atoms with Crippen molar-refractivity contribution < 1.29 is 9.59 Å². The minimum atomic E-state index is -0.157. The molecule has 210 valence electrons. The van der Waals surface area contributed by atoms with Crippen LogP contribution in [0.3, 0.4) is 0 Å². The zero-order chi connectivity index (χ0) is 29.6. The average molecular weight is 583 g/mol. The molecule has 0 radical (unpaired) electrons. The van der Waals surface area contributed by atoms with Gasteiger partial charge in [0, 0.05) is 47.6 Å². The van der Waals surface area contributed by atoms with Crippen LogP contribution in [-0.2, 0) is 19.6 Å². The Balaban J connectivity index is 1.28. The summed E-state index contributed by atoms with van der Waals surface area (Å²) in [7, 11) is 0. The molecule has 6 rings (SSSR count). The molecule has 2 amide bonds. The van der Waals surface area contributed by atoms with Crippen LogP contribution in [-0.4, -0.2) is 26.3 Å². The van der Waals surface area contributed by atoms with Gasteiger partial charge >= 0.3 is 0 Å². The fourth-order valence-electron chi connectivity index (χ4n) is 4.77. The van der Waals surface area contributed by atoms with E-state index in [1.54, 1.807) is 54.1 Å². The normalized spacial score (nSPS) is 10.8. The van der Waals surface area contributed by atoms with Gasteiger partial charge in [-0.05, 0) is 71.1 Å². The minimum Gasteiger partial charge on any atom is -0.347 e. The fourth-order valence-corrected chi connectivity index (χ4v) is 5.72. The molecular formula is C34H26N6O2S. The topological polar surface area (TPSA) is 104 Å². The van der Waals surface area contributed by atoms with Gasteiger partial charge in [-0.2, -0.15) is 5.26 Å². The van der Waals surface area contributed by atoms with E-state index in [4.69, 9.17) is 5.26 Å². The molecule has 0 saturated heterocycles. The van der Waals surface area contributed by atoms with Crippen LogP contribution >= 0.6 is 11.3 Å². The lowest BCUT2D eigenvalue weighted by molar-refractivity contribution is 0.0953. The molecule has 0 unspecified atom stereocenters. The van der Waals surface area contributed by atoms with Gasteiger partial charge in [-0.25, -0.2) is 4.98 Å². The summed E-state index contributed by atoms with van der Waals surface area (Å²) in [4.78, 5) is 37.6.